The SMILES string of the molecule is Cc1ccc(-c2cnc3c(-n4nncc4C(F)F)cc(C(=O)C[C@@H](C)c4nnco4)cn23)s1.ICI. The third-order valence-electron chi connectivity index (χ3n) is 5.22. The van der Waals surface area contributed by atoms with Crippen LogP contribution in [-0.2, 0) is 0 Å². The van der Waals surface area contributed by atoms with Gasteiger partial charge in [-0.3, -0.25) is 9.20 Å². The zero-order chi connectivity index (χ0) is 25.8. The smallest absolute Gasteiger partial charge is 0.282 e. The molecule has 0 amide bonds. The fraction of sp³-hybridized carbons (Fsp3) is 0.273. The maximum absolute atomic E-state index is 13.6. The van der Waals surface area contributed by atoms with Crippen LogP contribution in [0.4, 0.5) is 8.78 Å². The number of carbonyl (C=O) groups excluding carboxylic acids is 1. The molecule has 0 saturated heterocycles. The van der Waals surface area contributed by atoms with Gasteiger partial charge in [0.25, 0.3) is 6.43 Å². The first kappa shape index (κ1) is 26.7. The third-order valence-corrected chi connectivity index (χ3v) is 6.24. The Balaban J connectivity index is 0.000000967. The summed E-state index contributed by atoms with van der Waals surface area (Å²) in [4.78, 5) is 19.7. The molecule has 0 aliphatic heterocycles. The Morgan fingerprint density at radius 2 is 2.00 bits per heavy atom. The Morgan fingerprint density at radius 1 is 1.22 bits per heavy atom. The molecule has 5 heterocycles. The minimum atomic E-state index is -2.80. The zero-order valence-electron chi connectivity index (χ0n) is 19.0. The van der Waals surface area contributed by atoms with Crippen LogP contribution in [0.25, 0.3) is 21.9 Å². The molecule has 5 aromatic heterocycles. The molecule has 0 unspecified atom stereocenters. The van der Waals surface area contributed by atoms with E-state index >= 15 is 0 Å². The van der Waals surface area contributed by atoms with Crippen LogP contribution in [0.3, 0.4) is 0 Å². The molecule has 0 N–H and O–H groups in total. The van der Waals surface area contributed by atoms with Crippen LogP contribution in [0.5, 0.6) is 0 Å². The molecule has 0 aliphatic carbocycles. The molecule has 0 bridgehead atoms. The first-order chi connectivity index (χ1) is 17.3. The number of thiophene rings is 1. The number of ketones is 1. The monoisotopic (exact) mass is 737 g/mol. The molecule has 0 saturated carbocycles. The van der Waals surface area contributed by atoms with E-state index in [-0.39, 0.29) is 23.8 Å². The van der Waals surface area contributed by atoms with E-state index in [4.69, 9.17) is 4.42 Å². The minimum Gasteiger partial charge on any atom is -0.428 e. The summed E-state index contributed by atoms with van der Waals surface area (Å²) in [5, 5.41) is 15.0. The molecular formula is C22H19F2I2N7O2S. The number of rotatable bonds is 7. The number of aromatic nitrogens is 7. The second kappa shape index (κ2) is 11.8. The standard InChI is InChI=1S/C21H17F2N7O2S.CH2I2/c1-11(21-27-26-10-32-21)5-17(31)13-6-14(30-16(19(22)23)8-25-28-30)20-24-7-15(29(20)9-13)18-4-3-12(2)33-18;2-1-3/h3-4,6-11,19H,5H2,1-2H3;1H2/t11-;/m1./s1. The van der Waals surface area contributed by atoms with Gasteiger partial charge < -0.3 is 4.42 Å². The molecule has 1 atom stereocenters. The van der Waals surface area contributed by atoms with Crippen molar-refractivity contribution >= 4 is 67.9 Å². The van der Waals surface area contributed by atoms with E-state index in [0.29, 0.717) is 17.1 Å². The molecule has 0 fully saturated rings. The van der Waals surface area contributed by atoms with Crippen LogP contribution in [0.15, 0.2) is 47.6 Å². The number of halogens is 4. The zero-order valence-corrected chi connectivity index (χ0v) is 24.1. The van der Waals surface area contributed by atoms with E-state index in [1.807, 2.05) is 19.1 Å². The predicted octanol–water partition coefficient (Wildman–Crippen LogP) is 6.46. The van der Waals surface area contributed by atoms with Gasteiger partial charge in [0.05, 0.1) is 25.4 Å². The number of carbonyl (C=O) groups is 1. The van der Waals surface area contributed by atoms with Crippen molar-refractivity contribution in [2.45, 2.75) is 32.6 Å². The largest absolute Gasteiger partial charge is 0.428 e. The lowest BCUT2D eigenvalue weighted by atomic mass is 10.0. The molecule has 14 heteroatoms. The normalized spacial score (nSPS) is 12.1. The Morgan fingerprint density at radius 3 is 2.64 bits per heavy atom. The number of fused-ring (bicyclic) bond motifs is 1. The number of nitrogens with zero attached hydrogens (tertiary/aromatic N) is 7. The lowest BCUT2D eigenvalue weighted by molar-refractivity contribution is 0.0971. The number of imidazole rings is 1. The van der Waals surface area contributed by atoms with Crippen LogP contribution >= 0.6 is 56.5 Å². The van der Waals surface area contributed by atoms with Crippen molar-refractivity contribution in [3.05, 3.63) is 65.2 Å². The average Bonchev–Trinajstić information content (AvgIpc) is 3.65. The summed E-state index contributed by atoms with van der Waals surface area (Å²) in [5.41, 5.74) is 1.27. The van der Waals surface area contributed by atoms with Crippen molar-refractivity contribution in [1.82, 2.24) is 34.6 Å². The van der Waals surface area contributed by atoms with Crippen molar-refractivity contribution < 1.29 is 18.0 Å². The summed E-state index contributed by atoms with van der Waals surface area (Å²) in [7, 11) is 0. The molecule has 188 valence electrons. The van der Waals surface area contributed by atoms with Crippen LogP contribution in [0.1, 0.15) is 52.5 Å². The van der Waals surface area contributed by atoms with Crippen LogP contribution in [0, 0.1) is 6.92 Å². The highest BCUT2D eigenvalue weighted by Crippen LogP contribution is 2.32. The van der Waals surface area contributed by atoms with Gasteiger partial charge in [-0.15, -0.1) is 26.6 Å². The Labute approximate surface area is 235 Å². The molecule has 0 aromatic carbocycles. The van der Waals surface area contributed by atoms with Crippen LogP contribution in [-0.4, -0.2) is 42.8 Å². The van der Waals surface area contributed by atoms with Gasteiger partial charge in [-0.25, -0.2) is 18.4 Å². The van der Waals surface area contributed by atoms with Crippen LogP contribution < -0.4 is 0 Å². The van der Waals surface area contributed by atoms with Gasteiger partial charge >= 0.3 is 0 Å². The molecule has 36 heavy (non-hydrogen) atoms. The van der Waals surface area contributed by atoms with E-state index in [0.717, 1.165) is 26.3 Å². The molecule has 5 rings (SSSR count). The van der Waals surface area contributed by atoms with Crippen molar-refractivity contribution in [1.29, 1.82) is 0 Å². The Hall–Kier alpha value is -2.34. The molecule has 0 radical (unpaired) electrons. The maximum Gasteiger partial charge on any atom is 0.282 e. The quantitative estimate of drug-likeness (QED) is 0.107. The van der Waals surface area contributed by atoms with Crippen molar-refractivity contribution in [2.24, 2.45) is 0 Å². The summed E-state index contributed by atoms with van der Waals surface area (Å²) in [6.07, 6.45) is 2.81. The summed E-state index contributed by atoms with van der Waals surface area (Å²) in [6, 6.07) is 5.44. The topological polar surface area (TPSA) is 104 Å². The first-order valence-corrected chi connectivity index (χ1v) is 14.4. The predicted molar refractivity (Wildman–Crippen MR) is 148 cm³/mol. The minimum absolute atomic E-state index is 0.0916. The average molecular weight is 737 g/mol. The van der Waals surface area contributed by atoms with E-state index in [1.54, 1.807) is 35.1 Å². The van der Waals surface area contributed by atoms with Gasteiger partial charge in [-0.1, -0.05) is 57.3 Å². The fourth-order valence-electron chi connectivity index (χ4n) is 3.59. The van der Waals surface area contributed by atoms with Gasteiger partial charge in [0, 0.05) is 29.0 Å². The molecule has 9 nitrogen and oxygen atoms in total. The second-order valence-electron chi connectivity index (χ2n) is 7.64. The van der Waals surface area contributed by atoms with E-state index in [1.165, 1.54) is 14.9 Å². The Bertz CT molecular complexity index is 1470. The summed E-state index contributed by atoms with van der Waals surface area (Å²) in [5.74, 6) is -0.188. The number of Topliss-reactive ketones (excluding diaryl/α,β-unsaturated/α-hetero) is 1. The Kier molecular flexibility index (Phi) is 8.76. The first-order valence-electron chi connectivity index (χ1n) is 10.5. The van der Waals surface area contributed by atoms with E-state index in [9.17, 15) is 13.6 Å². The van der Waals surface area contributed by atoms with Crippen LogP contribution in [0.2, 0.25) is 0 Å². The maximum atomic E-state index is 13.6. The van der Waals surface area contributed by atoms with Gasteiger partial charge in [-0.05, 0) is 25.1 Å². The number of alkyl halides is 4. The lowest BCUT2D eigenvalue weighted by Crippen LogP contribution is -2.11. The second-order valence-corrected chi connectivity index (χ2v) is 13.4. The molecule has 5 aromatic rings. The van der Waals surface area contributed by atoms with E-state index < -0.39 is 12.1 Å². The van der Waals surface area contributed by atoms with Crippen molar-refractivity contribution in [3.63, 3.8) is 0 Å². The highest BCUT2D eigenvalue weighted by atomic mass is 127. The van der Waals surface area contributed by atoms with E-state index in [2.05, 4.69) is 70.7 Å². The molecule has 0 aliphatic rings. The number of hydrogen-bond donors (Lipinski definition) is 0. The summed E-state index contributed by atoms with van der Waals surface area (Å²) >= 11 is 6.12. The number of aryl methyl sites for hydroxylation is 1. The molecule has 0 spiro atoms. The highest BCUT2D eigenvalue weighted by Gasteiger charge is 2.23. The number of hydrogen-bond acceptors (Lipinski definition) is 8. The fourth-order valence-corrected chi connectivity index (χ4v) is 4.47. The van der Waals surface area contributed by atoms with Gasteiger partial charge in [0.1, 0.15) is 11.4 Å². The highest BCUT2D eigenvalue weighted by molar-refractivity contribution is 14.2. The number of pyridine rings is 1. The van der Waals surface area contributed by atoms with Gasteiger partial charge in [0.15, 0.2) is 11.4 Å². The summed E-state index contributed by atoms with van der Waals surface area (Å²) in [6.45, 7) is 3.79. The van der Waals surface area contributed by atoms with Gasteiger partial charge in [-0.2, -0.15) is 0 Å². The third kappa shape index (κ3) is 5.64. The van der Waals surface area contributed by atoms with Crippen molar-refractivity contribution in [3.8, 4) is 16.3 Å². The lowest BCUT2D eigenvalue weighted by Gasteiger charge is -2.12. The summed E-state index contributed by atoms with van der Waals surface area (Å²) < 4.78 is 36.3. The molecular weight excluding hydrogens is 718 g/mol. The van der Waals surface area contributed by atoms with Crippen molar-refractivity contribution in [2.75, 3.05) is 2.43 Å². The van der Waals surface area contributed by atoms with Gasteiger partial charge in [0.2, 0.25) is 12.3 Å².